The molecule has 1 atom stereocenters. The molecule has 2 N–H and O–H groups in total. The van der Waals surface area contributed by atoms with Crippen LogP contribution in [0.2, 0.25) is 0 Å². The molecule has 3 nitrogen and oxygen atoms in total. The van der Waals surface area contributed by atoms with E-state index in [-0.39, 0.29) is 0 Å². The van der Waals surface area contributed by atoms with Crippen LogP contribution in [-0.2, 0) is 6.42 Å². The number of hydrogen-bond acceptors (Lipinski definition) is 2. The van der Waals surface area contributed by atoms with Crippen molar-refractivity contribution < 1.29 is 4.74 Å². The molecule has 0 bridgehead atoms. The van der Waals surface area contributed by atoms with Crippen molar-refractivity contribution in [2.75, 3.05) is 7.11 Å². The van der Waals surface area contributed by atoms with Gasteiger partial charge in [-0.15, -0.1) is 0 Å². The number of aryl methyl sites for hydroxylation is 1. The van der Waals surface area contributed by atoms with Gasteiger partial charge >= 0.3 is 0 Å². The Hall–Kier alpha value is -1.51. The SMILES string of the molecule is COc1cccc(CCC2CCCCC(=N)N2)c1. The van der Waals surface area contributed by atoms with Gasteiger partial charge in [0, 0.05) is 12.5 Å². The van der Waals surface area contributed by atoms with Crippen LogP contribution in [0, 0.1) is 5.41 Å². The number of rotatable bonds is 4. The van der Waals surface area contributed by atoms with Gasteiger partial charge in [-0.25, -0.2) is 0 Å². The zero-order valence-electron chi connectivity index (χ0n) is 11.0. The van der Waals surface area contributed by atoms with Gasteiger partial charge in [0.2, 0.25) is 0 Å². The highest BCUT2D eigenvalue weighted by Crippen LogP contribution is 2.17. The molecule has 0 spiro atoms. The zero-order chi connectivity index (χ0) is 12.8. The van der Waals surface area contributed by atoms with E-state index in [4.69, 9.17) is 10.1 Å². The van der Waals surface area contributed by atoms with Gasteiger partial charge < -0.3 is 10.1 Å². The molecule has 1 aromatic rings. The largest absolute Gasteiger partial charge is 0.497 e. The molecular weight excluding hydrogens is 224 g/mol. The van der Waals surface area contributed by atoms with Crippen LogP contribution in [0.5, 0.6) is 5.75 Å². The minimum Gasteiger partial charge on any atom is -0.497 e. The topological polar surface area (TPSA) is 45.1 Å². The summed E-state index contributed by atoms with van der Waals surface area (Å²) in [5.74, 6) is 1.64. The van der Waals surface area contributed by atoms with Gasteiger partial charge in [-0.3, -0.25) is 5.41 Å². The zero-order valence-corrected chi connectivity index (χ0v) is 11.0. The molecule has 0 saturated carbocycles. The van der Waals surface area contributed by atoms with Crippen LogP contribution in [0.3, 0.4) is 0 Å². The van der Waals surface area contributed by atoms with Crippen molar-refractivity contribution in [3.05, 3.63) is 29.8 Å². The summed E-state index contributed by atoms with van der Waals surface area (Å²) in [6.07, 6.45) is 6.62. The summed E-state index contributed by atoms with van der Waals surface area (Å²) in [7, 11) is 1.70. The first-order valence-corrected chi connectivity index (χ1v) is 6.75. The lowest BCUT2D eigenvalue weighted by Gasteiger charge is -2.17. The minimum absolute atomic E-state index is 0.464. The summed E-state index contributed by atoms with van der Waals surface area (Å²) in [4.78, 5) is 0. The predicted octanol–water partition coefficient (Wildman–Crippen LogP) is 3.14. The Morgan fingerprint density at radius 2 is 2.28 bits per heavy atom. The molecule has 0 aliphatic carbocycles. The maximum absolute atomic E-state index is 7.77. The number of benzene rings is 1. The van der Waals surface area contributed by atoms with Crippen LogP contribution < -0.4 is 10.1 Å². The van der Waals surface area contributed by atoms with Crippen molar-refractivity contribution in [3.8, 4) is 5.75 Å². The van der Waals surface area contributed by atoms with Gasteiger partial charge in [0.1, 0.15) is 5.75 Å². The van der Waals surface area contributed by atoms with E-state index in [1.165, 1.54) is 18.4 Å². The molecule has 3 heteroatoms. The quantitative estimate of drug-likeness (QED) is 0.857. The summed E-state index contributed by atoms with van der Waals surface area (Å²) in [6, 6.07) is 8.72. The van der Waals surface area contributed by atoms with Gasteiger partial charge in [0.25, 0.3) is 0 Å². The average molecular weight is 246 g/mol. The van der Waals surface area contributed by atoms with Gasteiger partial charge in [-0.2, -0.15) is 0 Å². The summed E-state index contributed by atoms with van der Waals surface area (Å²) in [5.41, 5.74) is 1.31. The lowest BCUT2D eigenvalue weighted by atomic mass is 10.0. The molecule has 1 heterocycles. The molecule has 1 aliphatic heterocycles. The van der Waals surface area contributed by atoms with Gasteiger partial charge in [0.15, 0.2) is 0 Å². The normalized spacial score (nSPS) is 20.1. The summed E-state index contributed by atoms with van der Waals surface area (Å²) in [6.45, 7) is 0. The Kier molecular flexibility index (Phi) is 4.62. The van der Waals surface area contributed by atoms with Crippen molar-refractivity contribution in [2.45, 2.75) is 44.6 Å². The van der Waals surface area contributed by atoms with E-state index in [2.05, 4.69) is 17.4 Å². The maximum atomic E-state index is 7.77. The Labute approximate surface area is 109 Å². The third kappa shape index (κ3) is 3.76. The highest BCUT2D eigenvalue weighted by Gasteiger charge is 2.14. The molecule has 98 valence electrons. The third-order valence-electron chi connectivity index (χ3n) is 3.52. The molecule has 18 heavy (non-hydrogen) atoms. The number of amidine groups is 1. The monoisotopic (exact) mass is 246 g/mol. The molecule has 0 aromatic heterocycles. The van der Waals surface area contributed by atoms with Crippen molar-refractivity contribution >= 4 is 5.84 Å². The molecular formula is C15H22N2O. The molecule has 1 aliphatic rings. The number of methoxy groups -OCH3 is 1. The van der Waals surface area contributed by atoms with Crippen LogP contribution >= 0.6 is 0 Å². The Bertz CT molecular complexity index is 403. The Balaban J connectivity index is 1.87. The first kappa shape index (κ1) is 12.9. The Morgan fingerprint density at radius 1 is 1.39 bits per heavy atom. The highest BCUT2D eigenvalue weighted by atomic mass is 16.5. The van der Waals surface area contributed by atoms with Crippen molar-refractivity contribution in [2.24, 2.45) is 0 Å². The van der Waals surface area contributed by atoms with Crippen molar-refractivity contribution in [1.29, 1.82) is 5.41 Å². The third-order valence-corrected chi connectivity index (χ3v) is 3.52. The number of hydrogen-bond donors (Lipinski definition) is 2. The molecule has 1 fully saturated rings. The van der Waals surface area contributed by atoms with Crippen LogP contribution in [-0.4, -0.2) is 19.0 Å². The molecule has 1 aromatic carbocycles. The van der Waals surface area contributed by atoms with E-state index < -0.39 is 0 Å². The number of ether oxygens (including phenoxy) is 1. The van der Waals surface area contributed by atoms with Gasteiger partial charge in [-0.05, 0) is 43.4 Å². The fourth-order valence-electron chi connectivity index (χ4n) is 2.47. The Morgan fingerprint density at radius 3 is 3.11 bits per heavy atom. The maximum Gasteiger partial charge on any atom is 0.119 e. The average Bonchev–Trinajstić information content (AvgIpc) is 2.61. The predicted molar refractivity (Wildman–Crippen MR) is 74.4 cm³/mol. The lowest BCUT2D eigenvalue weighted by molar-refractivity contribution is 0.414. The fraction of sp³-hybridized carbons (Fsp3) is 0.533. The minimum atomic E-state index is 0.464. The summed E-state index contributed by atoms with van der Waals surface area (Å²) >= 11 is 0. The van der Waals surface area contributed by atoms with E-state index in [1.807, 2.05) is 12.1 Å². The molecule has 1 unspecified atom stereocenters. The second-order valence-electron chi connectivity index (χ2n) is 4.96. The van der Waals surface area contributed by atoms with Crippen LogP contribution in [0.15, 0.2) is 24.3 Å². The molecule has 1 saturated heterocycles. The van der Waals surface area contributed by atoms with Crippen molar-refractivity contribution in [3.63, 3.8) is 0 Å². The standard InChI is InChI=1S/C15H22N2O/c1-18-14-7-4-5-12(11-14)9-10-13-6-2-3-8-15(16)17-13/h4-5,7,11,13H,2-3,6,8-10H2,1H3,(H2,16,17). The van der Waals surface area contributed by atoms with Crippen LogP contribution in [0.1, 0.15) is 37.7 Å². The first-order valence-electron chi connectivity index (χ1n) is 6.75. The number of nitrogens with one attached hydrogen (secondary N) is 2. The second-order valence-corrected chi connectivity index (χ2v) is 4.96. The molecule has 0 amide bonds. The van der Waals surface area contributed by atoms with Gasteiger partial charge in [0.05, 0.1) is 12.9 Å². The fourth-order valence-corrected chi connectivity index (χ4v) is 2.47. The van der Waals surface area contributed by atoms with Crippen molar-refractivity contribution in [1.82, 2.24) is 5.32 Å². The van der Waals surface area contributed by atoms with Gasteiger partial charge in [-0.1, -0.05) is 18.6 Å². The molecule has 2 rings (SSSR count). The highest BCUT2D eigenvalue weighted by molar-refractivity contribution is 5.79. The van der Waals surface area contributed by atoms with E-state index in [1.54, 1.807) is 7.11 Å². The van der Waals surface area contributed by atoms with E-state index in [0.29, 0.717) is 11.9 Å². The van der Waals surface area contributed by atoms with Crippen LogP contribution in [0.4, 0.5) is 0 Å². The first-order chi connectivity index (χ1) is 8.78. The van der Waals surface area contributed by atoms with Crippen LogP contribution in [0.25, 0.3) is 0 Å². The summed E-state index contributed by atoms with van der Waals surface area (Å²) in [5, 5.41) is 11.1. The smallest absolute Gasteiger partial charge is 0.119 e. The van der Waals surface area contributed by atoms with E-state index >= 15 is 0 Å². The summed E-state index contributed by atoms with van der Waals surface area (Å²) < 4.78 is 5.23. The molecule has 0 radical (unpaired) electrons. The second kappa shape index (κ2) is 6.43. The van der Waals surface area contributed by atoms with E-state index in [9.17, 15) is 0 Å². The van der Waals surface area contributed by atoms with E-state index in [0.717, 1.165) is 31.4 Å². The lowest BCUT2D eigenvalue weighted by Crippen LogP contribution is -2.32.